The molecule has 1 heterocycles. The number of rotatable bonds is 5. The first-order chi connectivity index (χ1) is 10.1. The van der Waals surface area contributed by atoms with Crippen LogP contribution in [0.5, 0.6) is 5.75 Å². The molecule has 1 aliphatic rings. The van der Waals surface area contributed by atoms with Crippen molar-refractivity contribution in [1.29, 1.82) is 0 Å². The summed E-state index contributed by atoms with van der Waals surface area (Å²) in [6.07, 6.45) is -0.521. The summed E-state index contributed by atoms with van der Waals surface area (Å²) in [7, 11) is 1.53. The zero-order chi connectivity index (χ0) is 15.2. The van der Waals surface area contributed by atoms with Gasteiger partial charge in [0.1, 0.15) is 12.3 Å². The third kappa shape index (κ3) is 3.95. The number of nitrogens with one attached hydrogen (secondary N) is 1. The summed E-state index contributed by atoms with van der Waals surface area (Å²) in [5.41, 5.74) is 0.392. The van der Waals surface area contributed by atoms with Gasteiger partial charge in [-0.15, -0.1) is 0 Å². The number of hydrogen-bond donors (Lipinski definition) is 1. The lowest BCUT2D eigenvalue weighted by Gasteiger charge is -2.09. The average molecular weight is 293 g/mol. The standard InChI is InChI=1S/C14H15NO6/c1-19-10-4-2-9(3-5-10)13(17)15-8-12(16)21-11-6-7-20-14(11)18/h2-5,11H,6-8H2,1H3,(H,15,17)/t11-/m1/s1. The summed E-state index contributed by atoms with van der Waals surface area (Å²) in [6, 6.07) is 6.44. The fraction of sp³-hybridized carbons (Fsp3) is 0.357. The van der Waals surface area contributed by atoms with E-state index in [1.807, 2.05) is 0 Å². The minimum Gasteiger partial charge on any atom is -0.497 e. The summed E-state index contributed by atoms with van der Waals surface area (Å²) >= 11 is 0. The molecule has 112 valence electrons. The normalized spacial score (nSPS) is 17.0. The largest absolute Gasteiger partial charge is 0.497 e. The Morgan fingerprint density at radius 1 is 1.33 bits per heavy atom. The predicted molar refractivity (Wildman–Crippen MR) is 70.8 cm³/mol. The maximum absolute atomic E-state index is 11.8. The first-order valence-corrected chi connectivity index (χ1v) is 6.38. The van der Waals surface area contributed by atoms with Crippen molar-refractivity contribution in [3.05, 3.63) is 29.8 Å². The van der Waals surface area contributed by atoms with E-state index in [1.165, 1.54) is 7.11 Å². The molecule has 0 aromatic heterocycles. The molecule has 0 spiro atoms. The van der Waals surface area contributed by atoms with Gasteiger partial charge in [0.15, 0.2) is 0 Å². The smallest absolute Gasteiger partial charge is 0.347 e. The van der Waals surface area contributed by atoms with Gasteiger partial charge in [-0.05, 0) is 24.3 Å². The zero-order valence-corrected chi connectivity index (χ0v) is 11.5. The number of benzene rings is 1. The molecule has 1 atom stereocenters. The molecule has 1 fully saturated rings. The highest BCUT2D eigenvalue weighted by Crippen LogP contribution is 2.11. The van der Waals surface area contributed by atoms with Crippen LogP contribution in [0.1, 0.15) is 16.8 Å². The Morgan fingerprint density at radius 3 is 2.62 bits per heavy atom. The number of esters is 2. The van der Waals surface area contributed by atoms with E-state index in [9.17, 15) is 14.4 Å². The van der Waals surface area contributed by atoms with E-state index in [-0.39, 0.29) is 13.2 Å². The van der Waals surface area contributed by atoms with E-state index in [0.717, 1.165) is 0 Å². The van der Waals surface area contributed by atoms with Crippen LogP contribution in [0.4, 0.5) is 0 Å². The average Bonchev–Trinajstić information content (AvgIpc) is 2.90. The summed E-state index contributed by atoms with van der Waals surface area (Å²) in [6.45, 7) is -0.0658. The van der Waals surface area contributed by atoms with Crippen LogP contribution in [0.25, 0.3) is 0 Å². The Balaban J connectivity index is 1.79. The van der Waals surface area contributed by atoms with E-state index >= 15 is 0 Å². The van der Waals surface area contributed by atoms with Crippen molar-refractivity contribution in [2.45, 2.75) is 12.5 Å². The number of methoxy groups -OCH3 is 1. The van der Waals surface area contributed by atoms with E-state index in [0.29, 0.717) is 17.7 Å². The summed E-state index contributed by atoms with van der Waals surface area (Å²) in [4.78, 5) is 34.4. The summed E-state index contributed by atoms with van der Waals surface area (Å²) in [5.74, 6) is -1.01. The minimum absolute atomic E-state index is 0.245. The van der Waals surface area contributed by atoms with Crippen LogP contribution in [0, 0.1) is 0 Å². The van der Waals surface area contributed by atoms with Crippen molar-refractivity contribution in [2.75, 3.05) is 20.3 Å². The van der Waals surface area contributed by atoms with Crippen LogP contribution in [0.3, 0.4) is 0 Å². The maximum atomic E-state index is 11.8. The van der Waals surface area contributed by atoms with Crippen LogP contribution in [0.15, 0.2) is 24.3 Å². The molecule has 1 aromatic carbocycles. The predicted octanol–water partition coefficient (Wildman–Crippen LogP) is 0.284. The number of carbonyl (C=O) groups is 3. The van der Waals surface area contributed by atoms with Gasteiger partial charge in [0, 0.05) is 12.0 Å². The quantitative estimate of drug-likeness (QED) is 0.784. The third-order valence-corrected chi connectivity index (χ3v) is 2.91. The second kappa shape index (κ2) is 6.74. The van der Waals surface area contributed by atoms with Crippen molar-refractivity contribution < 1.29 is 28.6 Å². The van der Waals surface area contributed by atoms with Crippen molar-refractivity contribution >= 4 is 17.8 Å². The highest BCUT2D eigenvalue weighted by molar-refractivity contribution is 5.96. The Morgan fingerprint density at radius 2 is 2.05 bits per heavy atom. The number of hydrogen-bond acceptors (Lipinski definition) is 6. The van der Waals surface area contributed by atoms with Gasteiger partial charge in [0.05, 0.1) is 13.7 Å². The molecule has 0 saturated carbocycles. The van der Waals surface area contributed by atoms with Gasteiger partial charge in [-0.25, -0.2) is 4.79 Å². The second-order valence-electron chi connectivity index (χ2n) is 4.35. The van der Waals surface area contributed by atoms with Gasteiger partial charge in [0.25, 0.3) is 5.91 Å². The van der Waals surface area contributed by atoms with E-state index < -0.39 is 23.9 Å². The molecule has 7 heteroatoms. The lowest BCUT2D eigenvalue weighted by atomic mass is 10.2. The molecular formula is C14H15NO6. The van der Waals surface area contributed by atoms with Crippen LogP contribution in [-0.4, -0.2) is 44.2 Å². The van der Waals surface area contributed by atoms with E-state index in [1.54, 1.807) is 24.3 Å². The zero-order valence-electron chi connectivity index (χ0n) is 11.5. The number of cyclic esters (lactones) is 1. The topological polar surface area (TPSA) is 90.9 Å². The Hall–Kier alpha value is -2.57. The van der Waals surface area contributed by atoms with Crippen LogP contribution in [0.2, 0.25) is 0 Å². The molecule has 1 saturated heterocycles. The molecule has 0 unspecified atom stereocenters. The highest BCUT2D eigenvalue weighted by atomic mass is 16.6. The van der Waals surface area contributed by atoms with E-state index in [2.05, 4.69) is 10.1 Å². The van der Waals surface area contributed by atoms with Gasteiger partial charge in [-0.3, -0.25) is 9.59 Å². The fourth-order valence-electron chi connectivity index (χ4n) is 1.78. The molecule has 0 aliphatic carbocycles. The molecule has 0 bridgehead atoms. The third-order valence-electron chi connectivity index (χ3n) is 2.91. The van der Waals surface area contributed by atoms with E-state index in [4.69, 9.17) is 9.47 Å². The lowest BCUT2D eigenvalue weighted by molar-refractivity contribution is -0.159. The molecule has 7 nitrogen and oxygen atoms in total. The van der Waals surface area contributed by atoms with Crippen molar-refractivity contribution in [3.63, 3.8) is 0 Å². The van der Waals surface area contributed by atoms with Crippen LogP contribution < -0.4 is 10.1 Å². The second-order valence-corrected chi connectivity index (χ2v) is 4.35. The molecule has 21 heavy (non-hydrogen) atoms. The minimum atomic E-state index is -0.865. The Labute approximate surface area is 121 Å². The SMILES string of the molecule is COc1ccc(C(=O)NCC(=O)O[C@@H]2CCOC2=O)cc1. The molecule has 0 radical (unpaired) electrons. The number of amides is 1. The first kappa shape index (κ1) is 14.8. The molecule has 1 aliphatic heterocycles. The van der Waals surface area contributed by atoms with Crippen molar-refractivity contribution in [3.8, 4) is 5.75 Å². The molecule has 2 rings (SSSR count). The Bertz CT molecular complexity index is 539. The van der Waals surface area contributed by atoms with Gasteiger partial charge in [0.2, 0.25) is 6.10 Å². The van der Waals surface area contributed by atoms with Gasteiger partial charge in [-0.2, -0.15) is 0 Å². The van der Waals surface area contributed by atoms with Crippen LogP contribution in [-0.2, 0) is 19.1 Å². The summed E-state index contributed by atoms with van der Waals surface area (Å²) < 4.78 is 14.5. The van der Waals surface area contributed by atoms with Crippen molar-refractivity contribution in [2.24, 2.45) is 0 Å². The summed E-state index contributed by atoms with van der Waals surface area (Å²) in [5, 5.41) is 2.42. The first-order valence-electron chi connectivity index (χ1n) is 6.38. The van der Waals surface area contributed by atoms with Gasteiger partial charge < -0.3 is 19.5 Å². The maximum Gasteiger partial charge on any atom is 0.347 e. The van der Waals surface area contributed by atoms with Crippen LogP contribution >= 0.6 is 0 Å². The highest BCUT2D eigenvalue weighted by Gasteiger charge is 2.30. The number of ether oxygens (including phenoxy) is 3. The fourth-order valence-corrected chi connectivity index (χ4v) is 1.78. The monoisotopic (exact) mass is 293 g/mol. The van der Waals surface area contributed by atoms with Gasteiger partial charge >= 0.3 is 11.9 Å². The van der Waals surface area contributed by atoms with Gasteiger partial charge in [-0.1, -0.05) is 0 Å². The molecule has 1 N–H and O–H groups in total. The molecule has 1 amide bonds. The number of carbonyl (C=O) groups excluding carboxylic acids is 3. The van der Waals surface area contributed by atoms with Crippen molar-refractivity contribution in [1.82, 2.24) is 5.32 Å². The molecule has 1 aromatic rings. The Kier molecular flexibility index (Phi) is 4.76. The lowest BCUT2D eigenvalue weighted by Crippen LogP contribution is -2.33. The molecular weight excluding hydrogens is 278 g/mol.